The molecule has 2 aromatic rings. The van der Waals surface area contributed by atoms with E-state index < -0.39 is 0 Å². The van der Waals surface area contributed by atoms with E-state index in [9.17, 15) is 9.59 Å². The predicted octanol–water partition coefficient (Wildman–Crippen LogP) is 2.21. The van der Waals surface area contributed by atoms with E-state index in [1.165, 1.54) is 0 Å². The molecule has 0 bridgehead atoms. The maximum Gasteiger partial charge on any atom is 0.255 e. The number of hydrogen-bond acceptors (Lipinski definition) is 5. The average Bonchev–Trinajstić information content (AvgIpc) is 2.64. The van der Waals surface area contributed by atoms with E-state index in [2.05, 4.69) is 15.5 Å². The van der Waals surface area contributed by atoms with E-state index in [-0.39, 0.29) is 24.2 Å². The molecule has 1 fully saturated rings. The molecule has 0 unspecified atom stereocenters. The minimum atomic E-state index is -0.214. The Morgan fingerprint density at radius 2 is 1.48 bits per heavy atom. The second kappa shape index (κ2) is 9.91. The fraction of sp³-hybridized carbons (Fsp3) is 0.263. The summed E-state index contributed by atoms with van der Waals surface area (Å²) >= 11 is 0. The van der Waals surface area contributed by atoms with E-state index in [0.29, 0.717) is 42.4 Å². The maximum atomic E-state index is 12.2. The van der Waals surface area contributed by atoms with Crippen LogP contribution < -0.4 is 16.4 Å². The Balaban J connectivity index is 0.00000261. The first-order valence-electron chi connectivity index (χ1n) is 8.47. The zero-order valence-electron chi connectivity index (χ0n) is 14.8. The van der Waals surface area contributed by atoms with Gasteiger partial charge in [-0.15, -0.1) is 12.4 Å². The summed E-state index contributed by atoms with van der Waals surface area (Å²) in [6, 6.07) is 13.7. The normalized spacial score (nSPS) is 14.1. The van der Waals surface area contributed by atoms with Crippen LogP contribution in [0.2, 0.25) is 0 Å². The van der Waals surface area contributed by atoms with Gasteiger partial charge < -0.3 is 21.1 Å². The highest BCUT2D eigenvalue weighted by atomic mass is 35.5. The second-order valence-corrected chi connectivity index (χ2v) is 6.09. The van der Waals surface area contributed by atoms with Crippen LogP contribution in [0.1, 0.15) is 10.4 Å². The predicted molar refractivity (Wildman–Crippen MR) is 108 cm³/mol. The Morgan fingerprint density at radius 3 is 2.07 bits per heavy atom. The lowest BCUT2D eigenvalue weighted by Gasteiger charge is -2.25. The first kappa shape index (κ1) is 20.7. The number of nitrogens with one attached hydrogen (secondary N) is 2. The van der Waals surface area contributed by atoms with Crippen LogP contribution in [0, 0.1) is 0 Å². The summed E-state index contributed by atoms with van der Waals surface area (Å²) in [5, 5.41) is 5.67. The lowest BCUT2D eigenvalue weighted by atomic mass is 10.2. The van der Waals surface area contributed by atoms with Crippen molar-refractivity contribution >= 4 is 41.3 Å². The maximum absolute atomic E-state index is 12.2. The highest BCUT2D eigenvalue weighted by Gasteiger charge is 2.14. The van der Waals surface area contributed by atoms with Crippen molar-refractivity contribution in [2.24, 2.45) is 0 Å². The van der Waals surface area contributed by atoms with Gasteiger partial charge in [-0.05, 0) is 48.5 Å². The van der Waals surface area contributed by atoms with Crippen LogP contribution in [-0.4, -0.2) is 49.6 Å². The van der Waals surface area contributed by atoms with Gasteiger partial charge in [-0.2, -0.15) is 0 Å². The van der Waals surface area contributed by atoms with Crippen molar-refractivity contribution < 1.29 is 14.3 Å². The van der Waals surface area contributed by atoms with Crippen LogP contribution in [0.3, 0.4) is 0 Å². The lowest BCUT2D eigenvalue weighted by molar-refractivity contribution is -0.118. The lowest BCUT2D eigenvalue weighted by Crippen LogP contribution is -2.41. The fourth-order valence-electron chi connectivity index (χ4n) is 2.64. The molecule has 0 atom stereocenters. The minimum Gasteiger partial charge on any atom is -0.399 e. The number of amides is 2. The molecule has 1 heterocycles. The molecule has 1 aliphatic heterocycles. The SMILES string of the molecule is Cl.Nc1ccc(C(=O)Nc2ccc(NC(=O)CN3CCOCC3)cc2)cc1. The third kappa shape index (κ3) is 6.25. The van der Waals surface area contributed by atoms with Gasteiger partial charge in [0.25, 0.3) is 5.91 Å². The average molecular weight is 391 g/mol. The molecule has 2 amide bonds. The standard InChI is InChI=1S/C19H22N4O3.ClH/c20-15-3-1-14(2-4-15)19(25)22-17-7-5-16(6-8-17)21-18(24)13-23-9-11-26-12-10-23;/h1-8H,9-13,20H2,(H,21,24)(H,22,25);1H. The number of anilines is 3. The summed E-state index contributed by atoms with van der Waals surface area (Å²) in [6.07, 6.45) is 0. The zero-order valence-corrected chi connectivity index (χ0v) is 15.6. The van der Waals surface area contributed by atoms with Crippen LogP contribution in [0.5, 0.6) is 0 Å². The number of carbonyl (C=O) groups is 2. The number of nitrogen functional groups attached to an aromatic ring is 1. The molecule has 2 aromatic carbocycles. The molecule has 0 aromatic heterocycles. The van der Waals surface area contributed by atoms with Crippen molar-refractivity contribution in [1.82, 2.24) is 4.90 Å². The van der Waals surface area contributed by atoms with Gasteiger partial charge >= 0.3 is 0 Å². The number of nitrogens with two attached hydrogens (primary N) is 1. The summed E-state index contributed by atoms with van der Waals surface area (Å²) in [5.74, 6) is -0.278. The van der Waals surface area contributed by atoms with E-state index in [0.717, 1.165) is 13.1 Å². The van der Waals surface area contributed by atoms with Crippen LogP contribution in [0.15, 0.2) is 48.5 Å². The number of halogens is 1. The van der Waals surface area contributed by atoms with Gasteiger partial charge in [-0.25, -0.2) is 0 Å². The third-order valence-corrected chi connectivity index (χ3v) is 4.07. The molecule has 3 rings (SSSR count). The Labute approximate surface area is 164 Å². The van der Waals surface area contributed by atoms with E-state index in [4.69, 9.17) is 10.5 Å². The van der Waals surface area contributed by atoms with Crippen molar-refractivity contribution in [2.75, 3.05) is 49.2 Å². The highest BCUT2D eigenvalue weighted by Crippen LogP contribution is 2.15. The monoisotopic (exact) mass is 390 g/mol. The molecular weight excluding hydrogens is 368 g/mol. The Morgan fingerprint density at radius 1 is 0.926 bits per heavy atom. The number of nitrogens with zero attached hydrogens (tertiary/aromatic N) is 1. The molecule has 0 spiro atoms. The molecule has 0 aliphatic carbocycles. The molecule has 1 aliphatic rings. The van der Waals surface area contributed by atoms with Crippen LogP contribution >= 0.6 is 12.4 Å². The van der Waals surface area contributed by atoms with E-state index in [1.54, 1.807) is 48.5 Å². The van der Waals surface area contributed by atoms with Crippen molar-refractivity contribution in [3.05, 3.63) is 54.1 Å². The van der Waals surface area contributed by atoms with Gasteiger partial charge in [-0.3, -0.25) is 14.5 Å². The first-order valence-corrected chi connectivity index (χ1v) is 8.47. The summed E-state index contributed by atoms with van der Waals surface area (Å²) < 4.78 is 5.27. The van der Waals surface area contributed by atoms with E-state index in [1.807, 2.05) is 0 Å². The molecule has 7 nitrogen and oxygen atoms in total. The van der Waals surface area contributed by atoms with Gasteiger partial charge in [0.2, 0.25) is 5.91 Å². The summed E-state index contributed by atoms with van der Waals surface area (Å²) in [6.45, 7) is 3.21. The quantitative estimate of drug-likeness (QED) is 0.680. The summed E-state index contributed by atoms with van der Waals surface area (Å²) in [4.78, 5) is 26.3. The molecule has 1 saturated heterocycles. The highest BCUT2D eigenvalue weighted by molar-refractivity contribution is 6.04. The Kier molecular flexibility index (Phi) is 7.60. The van der Waals surface area contributed by atoms with Gasteiger partial charge in [0.15, 0.2) is 0 Å². The molecule has 4 N–H and O–H groups in total. The molecule has 27 heavy (non-hydrogen) atoms. The van der Waals surface area contributed by atoms with Crippen molar-refractivity contribution in [1.29, 1.82) is 0 Å². The van der Waals surface area contributed by atoms with Gasteiger partial charge in [-0.1, -0.05) is 0 Å². The van der Waals surface area contributed by atoms with Crippen LogP contribution in [0.4, 0.5) is 17.1 Å². The topological polar surface area (TPSA) is 96.7 Å². The van der Waals surface area contributed by atoms with Crippen molar-refractivity contribution in [2.45, 2.75) is 0 Å². The molecule has 144 valence electrons. The molecule has 0 saturated carbocycles. The van der Waals surface area contributed by atoms with Crippen LogP contribution in [-0.2, 0) is 9.53 Å². The van der Waals surface area contributed by atoms with Gasteiger partial charge in [0.1, 0.15) is 0 Å². The number of rotatable bonds is 5. The number of carbonyl (C=O) groups excluding carboxylic acids is 2. The minimum absolute atomic E-state index is 0. The molecule has 8 heteroatoms. The Hall–Kier alpha value is -2.61. The van der Waals surface area contributed by atoms with Crippen molar-refractivity contribution in [3.8, 4) is 0 Å². The Bertz CT molecular complexity index is 760. The van der Waals surface area contributed by atoms with Gasteiger partial charge in [0.05, 0.1) is 19.8 Å². The fourth-order valence-corrected chi connectivity index (χ4v) is 2.64. The van der Waals surface area contributed by atoms with Crippen molar-refractivity contribution in [3.63, 3.8) is 0 Å². The van der Waals surface area contributed by atoms with Gasteiger partial charge in [0, 0.05) is 35.7 Å². The second-order valence-electron chi connectivity index (χ2n) is 6.09. The number of ether oxygens (including phenoxy) is 1. The summed E-state index contributed by atoms with van der Waals surface area (Å²) in [7, 11) is 0. The van der Waals surface area contributed by atoms with E-state index >= 15 is 0 Å². The third-order valence-electron chi connectivity index (χ3n) is 4.07. The number of hydrogen-bond donors (Lipinski definition) is 3. The number of morpholine rings is 1. The number of benzene rings is 2. The van der Waals surface area contributed by atoms with Crippen LogP contribution in [0.25, 0.3) is 0 Å². The molecule has 0 radical (unpaired) electrons. The largest absolute Gasteiger partial charge is 0.399 e. The zero-order chi connectivity index (χ0) is 18.4. The smallest absolute Gasteiger partial charge is 0.255 e. The first-order chi connectivity index (χ1) is 12.6. The molecular formula is C19H23ClN4O3. The summed E-state index contributed by atoms with van der Waals surface area (Å²) in [5.41, 5.74) is 8.10.